The van der Waals surface area contributed by atoms with Crippen LogP contribution in [0.15, 0.2) is 36.7 Å². The van der Waals surface area contributed by atoms with E-state index >= 15 is 0 Å². The van der Waals surface area contributed by atoms with Crippen LogP contribution in [0.2, 0.25) is 0 Å². The molecule has 0 unspecified atom stereocenters. The van der Waals surface area contributed by atoms with Crippen molar-refractivity contribution < 1.29 is 9.18 Å². The van der Waals surface area contributed by atoms with Gasteiger partial charge in [-0.3, -0.25) is 4.79 Å². The Hall–Kier alpha value is -2.50. The van der Waals surface area contributed by atoms with Gasteiger partial charge in [0.1, 0.15) is 18.0 Å². The fourth-order valence-electron chi connectivity index (χ4n) is 2.88. The number of benzene rings is 1. The predicted octanol–water partition coefficient (Wildman–Crippen LogP) is 2.43. The van der Waals surface area contributed by atoms with Crippen molar-refractivity contribution in [2.45, 2.75) is 32.2 Å². The molecule has 0 bridgehead atoms. The summed E-state index contributed by atoms with van der Waals surface area (Å²) in [5, 5.41) is 3.32. The number of amides is 1. The second-order valence-electron chi connectivity index (χ2n) is 6.01. The maximum atomic E-state index is 12.9. The van der Waals surface area contributed by atoms with E-state index in [2.05, 4.69) is 15.3 Å². The van der Waals surface area contributed by atoms with Crippen molar-refractivity contribution in [3.05, 3.63) is 53.7 Å². The van der Waals surface area contributed by atoms with Crippen LogP contribution in [0.4, 0.5) is 10.2 Å². The van der Waals surface area contributed by atoms with Gasteiger partial charge in [0.15, 0.2) is 0 Å². The molecule has 3 rings (SSSR count). The quantitative estimate of drug-likeness (QED) is 0.885. The lowest BCUT2D eigenvalue weighted by Gasteiger charge is -2.17. The average Bonchev–Trinajstić information content (AvgIpc) is 2.94. The van der Waals surface area contributed by atoms with Crippen LogP contribution in [0.5, 0.6) is 0 Å². The standard InChI is InChI=1S/C18H21FN4O/c1-2-15-9-17(21-12-20-15)22-16-10-18(24)23(11-16)8-7-13-3-5-14(19)6-4-13/h3-6,9,12,16H,2,7-8,10-11H2,1H3,(H,20,21,22)/t16-/m0/s1. The van der Waals surface area contributed by atoms with Gasteiger partial charge in [-0.25, -0.2) is 14.4 Å². The third-order valence-electron chi connectivity index (χ3n) is 4.24. The van der Waals surface area contributed by atoms with E-state index in [0.29, 0.717) is 19.5 Å². The lowest BCUT2D eigenvalue weighted by Crippen LogP contribution is -2.30. The van der Waals surface area contributed by atoms with Crippen LogP contribution in [0.25, 0.3) is 0 Å². The van der Waals surface area contributed by atoms with Gasteiger partial charge in [-0.2, -0.15) is 0 Å². The van der Waals surface area contributed by atoms with Crippen LogP contribution in [-0.4, -0.2) is 39.9 Å². The Morgan fingerprint density at radius 3 is 2.83 bits per heavy atom. The molecule has 1 saturated heterocycles. The Labute approximate surface area is 140 Å². The van der Waals surface area contributed by atoms with Gasteiger partial charge in [0.05, 0.1) is 6.04 Å². The normalized spacial score (nSPS) is 17.3. The molecule has 126 valence electrons. The highest BCUT2D eigenvalue weighted by Crippen LogP contribution is 2.17. The third-order valence-corrected chi connectivity index (χ3v) is 4.24. The summed E-state index contributed by atoms with van der Waals surface area (Å²) in [7, 11) is 0. The number of carbonyl (C=O) groups is 1. The molecule has 0 aliphatic carbocycles. The summed E-state index contributed by atoms with van der Waals surface area (Å²) in [6.45, 7) is 3.35. The number of aromatic nitrogens is 2. The zero-order valence-corrected chi connectivity index (χ0v) is 13.7. The van der Waals surface area contributed by atoms with E-state index in [-0.39, 0.29) is 17.8 Å². The smallest absolute Gasteiger partial charge is 0.224 e. The lowest BCUT2D eigenvalue weighted by atomic mass is 10.1. The molecular formula is C18H21FN4O. The summed E-state index contributed by atoms with van der Waals surface area (Å²) >= 11 is 0. The number of carbonyl (C=O) groups excluding carboxylic acids is 1. The zero-order valence-electron chi connectivity index (χ0n) is 13.7. The van der Waals surface area contributed by atoms with E-state index in [9.17, 15) is 9.18 Å². The summed E-state index contributed by atoms with van der Waals surface area (Å²) in [5.41, 5.74) is 2.01. The van der Waals surface area contributed by atoms with E-state index in [4.69, 9.17) is 0 Å². The lowest BCUT2D eigenvalue weighted by molar-refractivity contribution is -0.127. The molecule has 0 spiro atoms. The first-order chi connectivity index (χ1) is 11.6. The van der Waals surface area contributed by atoms with E-state index in [1.54, 1.807) is 18.5 Å². The number of halogens is 1. The highest BCUT2D eigenvalue weighted by atomic mass is 19.1. The monoisotopic (exact) mass is 328 g/mol. The highest BCUT2D eigenvalue weighted by molar-refractivity contribution is 5.80. The van der Waals surface area contributed by atoms with Crippen LogP contribution >= 0.6 is 0 Å². The summed E-state index contributed by atoms with van der Waals surface area (Å²) in [6, 6.07) is 8.41. The van der Waals surface area contributed by atoms with Crippen LogP contribution in [-0.2, 0) is 17.6 Å². The van der Waals surface area contributed by atoms with Gasteiger partial charge in [0, 0.05) is 31.3 Å². The van der Waals surface area contributed by atoms with E-state index in [1.807, 2.05) is 17.9 Å². The fourth-order valence-corrected chi connectivity index (χ4v) is 2.88. The first-order valence-electron chi connectivity index (χ1n) is 8.23. The number of nitrogens with one attached hydrogen (secondary N) is 1. The first kappa shape index (κ1) is 16.4. The molecule has 1 N–H and O–H groups in total. The second kappa shape index (κ2) is 7.38. The number of nitrogens with zero attached hydrogens (tertiary/aromatic N) is 3. The van der Waals surface area contributed by atoms with E-state index in [0.717, 1.165) is 29.9 Å². The second-order valence-corrected chi connectivity index (χ2v) is 6.01. The van der Waals surface area contributed by atoms with Crippen molar-refractivity contribution in [3.63, 3.8) is 0 Å². The SMILES string of the molecule is CCc1cc(N[C@H]2CC(=O)N(CCc3ccc(F)cc3)C2)ncn1. The molecule has 6 heteroatoms. The van der Waals surface area contributed by atoms with Crippen molar-refractivity contribution in [2.75, 3.05) is 18.4 Å². The van der Waals surface area contributed by atoms with Gasteiger partial charge in [0.2, 0.25) is 5.91 Å². The molecule has 2 aromatic rings. The molecule has 0 radical (unpaired) electrons. The maximum absolute atomic E-state index is 12.9. The molecule has 1 aliphatic heterocycles. The van der Waals surface area contributed by atoms with Crippen LogP contribution in [0.1, 0.15) is 24.6 Å². The van der Waals surface area contributed by atoms with Gasteiger partial charge in [0.25, 0.3) is 0 Å². The van der Waals surface area contributed by atoms with Crippen molar-refractivity contribution in [2.24, 2.45) is 0 Å². The Morgan fingerprint density at radius 2 is 2.08 bits per heavy atom. The molecule has 1 aromatic carbocycles. The summed E-state index contributed by atoms with van der Waals surface area (Å²) in [6.07, 6.45) is 3.59. The van der Waals surface area contributed by atoms with Gasteiger partial charge < -0.3 is 10.2 Å². The Balaban J connectivity index is 1.54. The molecule has 1 fully saturated rings. The number of rotatable bonds is 6. The maximum Gasteiger partial charge on any atom is 0.224 e. The first-order valence-corrected chi connectivity index (χ1v) is 8.23. The van der Waals surface area contributed by atoms with Gasteiger partial charge in [-0.05, 0) is 30.5 Å². The van der Waals surface area contributed by atoms with Crippen molar-refractivity contribution in [1.82, 2.24) is 14.9 Å². The number of aryl methyl sites for hydroxylation is 1. The number of anilines is 1. The van der Waals surface area contributed by atoms with Crippen molar-refractivity contribution in [3.8, 4) is 0 Å². The molecule has 1 aromatic heterocycles. The molecule has 5 nitrogen and oxygen atoms in total. The Kier molecular flexibility index (Phi) is 5.03. The Bertz CT molecular complexity index is 704. The number of hydrogen-bond donors (Lipinski definition) is 1. The van der Waals surface area contributed by atoms with Crippen LogP contribution in [0.3, 0.4) is 0 Å². The van der Waals surface area contributed by atoms with E-state index < -0.39 is 0 Å². The summed E-state index contributed by atoms with van der Waals surface area (Å²) in [4.78, 5) is 22.4. The fraction of sp³-hybridized carbons (Fsp3) is 0.389. The van der Waals surface area contributed by atoms with Gasteiger partial charge in [-0.15, -0.1) is 0 Å². The predicted molar refractivity (Wildman–Crippen MR) is 90.1 cm³/mol. The van der Waals surface area contributed by atoms with Crippen molar-refractivity contribution in [1.29, 1.82) is 0 Å². The van der Waals surface area contributed by atoms with Crippen LogP contribution < -0.4 is 5.32 Å². The topological polar surface area (TPSA) is 58.1 Å². The average molecular weight is 328 g/mol. The zero-order chi connectivity index (χ0) is 16.9. The number of hydrogen-bond acceptors (Lipinski definition) is 4. The molecule has 1 aliphatic rings. The summed E-state index contributed by atoms with van der Waals surface area (Å²) < 4.78 is 12.9. The molecule has 1 atom stereocenters. The van der Waals surface area contributed by atoms with Crippen molar-refractivity contribution >= 4 is 11.7 Å². The third kappa shape index (κ3) is 4.07. The molecule has 2 heterocycles. The highest BCUT2D eigenvalue weighted by Gasteiger charge is 2.29. The van der Waals surface area contributed by atoms with E-state index in [1.165, 1.54) is 12.1 Å². The largest absolute Gasteiger partial charge is 0.365 e. The minimum Gasteiger partial charge on any atom is -0.365 e. The van der Waals surface area contributed by atoms with Gasteiger partial charge >= 0.3 is 0 Å². The minimum atomic E-state index is -0.239. The van der Waals surface area contributed by atoms with Gasteiger partial charge in [-0.1, -0.05) is 19.1 Å². The molecule has 1 amide bonds. The summed E-state index contributed by atoms with van der Waals surface area (Å²) in [5.74, 6) is 0.663. The number of likely N-dealkylation sites (tertiary alicyclic amines) is 1. The molecular weight excluding hydrogens is 307 g/mol. The molecule has 24 heavy (non-hydrogen) atoms. The van der Waals surface area contributed by atoms with Crippen LogP contribution in [0, 0.1) is 5.82 Å². The molecule has 0 saturated carbocycles. The Morgan fingerprint density at radius 1 is 1.29 bits per heavy atom. The minimum absolute atomic E-state index is 0.0605.